The van der Waals surface area contributed by atoms with Crippen molar-refractivity contribution in [1.29, 1.82) is 0 Å². The maximum absolute atomic E-state index is 10.9. The van der Waals surface area contributed by atoms with Crippen molar-refractivity contribution >= 4 is 10.8 Å². The van der Waals surface area contributed by atoms with Crippen LogP contribution in [0.1, 0.15) is 163 Å². The first kappa shape index (κ1) is 45.4. The lowest BCUT2D eigenvalue weighted by Gasteiger charge is -2.13. The minimum absolute atomic E-state index is 0.267. The fraction of sp³-hybridized carbons (Fsp3) is 0.490. The number of rotatable bonds is 23. The second-order valence-corrected chi connectivity index (χ2v) is 16.0. The van der Waals surface area contributed by atoms with Crippen LogP contribution in [0.3, 0.4) is 0 Å². The van der Waals surface area contributed by atoms with Crippen LogP contribution >= 0.6 is 0 Å². The highest BCUT2D eigenvalue weighted by Gasteiger charge is 2.14. The second-order valence-electron chi connectivity index (χ2n) is 16.0. The number of hydrogen-bond donors (Lipinski definition) is 2. The first-order valence-corrected chi connectivity index (χ1v) is 20.4. The number of hydrogen-bond acceptors (Lipinski definition) is 2. The largest absolute Gasteiger partial charge is 0.507 e. The molecule has 0 radical (unpaired) electrons. The summed E-state index contributed by atoms with van der Waals surface area (Å²) < 4.78 is 0. The van der Waals surface area contributed by atoms with Crippen molar-refractivity contribution < 1.29 is 10.2 Å². The molecule has 0 bridgehead atoms. The van der Waals surface area contributed by atoms with Gasteiger partial charge in [0.1, 0.15) is 11.5 Å². The van der Waals surface area contributed by atoms with Crippen LogP contribution in [0.2, 0.25) is 0 Å². The van der Waals surface area contributed by atoms with Crippen LogP contribution in [0.4, 0.5) is 0 Å². The molecule has 0 aliphatic heterocycles. The Hall–Kier alpha value is -3.78. The van der Waals surface area contributed by atoms with E-state index in [0.29, 0.717) is 17.2 Å². The smallest absolute Gasteiger partial charge is 0.127 e. The number of allylic oxidation sites excluding steroid dienone is 16. The van der Waals surface area contributed by atoms with Gasteiger partial charge in [-0.15, -0.1) is 0 Å². The predicted octanol–water partition coefficient (Wildman–Crippen LogP) is 16.2. The van der Waals surface area contributed by atoms with Crippen molar-refractivity contribution in [2.24, 2.45) is 0 Å². The molecule has 2 aromatic rings. The monoisotopic (exact) mass is 719 g/mol. The summed E-state index contributed by atoms with van der Waals surface area (Å²) in [4.78, 5) is 0. The SMILES string of the molecule is CC(C)=CCC/C(C)=C\CC/C(C)=C/CC/C(C)=C/CC/C(C)=C/CC/C(C)=C/CC/C(C)=C\CC/C(C)=C/Cc1c(C)c(O)c2ccccc2c1O. The maximum Gasteiger partial charge on any atom is 0.127 e. The van der Waals surface area contributed by atoms with E-state index in [1.165, 1.54) is 63.8 Å². The van der Waals surface area contributed by atoms with Crippen molar-refractivity contribution in [3.63, 3.8) is 0 Å². The molecule has 0 atom stereocenters. The molecule has 0 unspecified atom stereocenters. The highest BCUT2D eigenvalue weighted by molar-refractivity contribution is 5.95. The van der Waals surface area contributed by atoms with Gasteiger partial charge in [-0.25, -0.2) is 0 Å². The summed E-state index contributed by atoms with van der Waals surface area (Å²) in [5, 5.41) is 23.0. The molecular weight excluding hydrogens is 645 g/mol. The van der Waals surface area contributed by atoms with E-state index in [1.54, 1.807) is 0 Å². The zero-order valence-corrected chi connectivity index (χ0v) is 35.4. The average molecular weight is 719 g/mol. The van der Waals surface area contributed by atoms with E-state index in [1.807, 2.05) is 31.2 Å². The molecule has 0 amide bonds. The van der Waals surface area contributed by atoms with Crippen molar-refractivity contribution in [3.8, 4) is 11.5 Å². The quantitative estimate of drug-likeness (QED) is 0.0887. The lowest BCUT2D eigenvalue weighted by molar-refractivity contribution is 0.461. The van der Waals surface area contributed by atoms with Gasteiger partial charge in [0.2, 0.25) is 0 Å². The third kappa shape index (κ3) is 18.7. The topological polar surface area (TPSA) is 40.5 Å². The van der Waals surface area contributed by atoms with Crippen LogP contribution in [0, 0.1) is 6.92 Å². The third-order valence-corrected chi connectivity index (χ3v) is 10.5. The Labute approximate surface area is 325 Å². The first-order valence-electron chi connectivity index (χ1n) is 20.4. The van der Waals surface area contributed by atoms with E-state index in [9.17, 15) is 10.2 Å². The number of phenolic OH excluding ortho intramolecular Hbond substituents is 2. The molecule has 0 spiro atoms. The Morgan fingerprint density at radius 1 is 0.415 bits per heavy atom. The highest BCUT2D eigenvalue weighted by atomic mass is 16.3. The summed E-state index contributed by atoms with van der Waals surface area (Å²) in [5.74, 6) is 0.549. The molecule has 290 valence electrons. The minimum Gasteiger partial charge on any atom is -0.507 e. The van der Waals surface area contributed by atoms with Crippen LogP contribution in [0.5, 0.6) is 11.5 Å². The molecule has 0 aliphatic carbocycles. The van der Waals surface area contributed by atoms with Gasteiger partial charge in [-0.1, -0.05) is 117 Å². The van der Waals surface area contributed by atoms with Crippen LogP contribution in [-0.2, 0) is 6.42 Å². The Kier molecular flexibility index (Phi) is 21.6. The lowest BCUT2D eigenvalue weighted by Crippen LogP contribution is -1.92. The standard InChI is InChI=1S/C51H74O2/c1-38(2)20-13-21-39(3)22-14-23-40(4)24-15-25-41(5)26-16-27-42(6)28-17-29-43(7)30-18-31-44(8)32-19-33-45(9)36-37-47-46(10)50(52)48-34-11-12-35-49(48)51(47)53/h11-12,20,22,24,26,28,30,32,34-36,52-53H,13-19,21,23,25,27,29,31,33,37H2,1-10H3/b39-22-,40-24+,41-26+,42-28+,43-30+,44-32-,45-36+. The van der Waals surface area contributed by atoms with Crippen molar-refractivity contribution in [3.05, 3.63) is 129 Å². The van der Waals surface area contributed by atoms with Crippen molar-refractivity contribution in [2.75, 3.05) is 0 Å². The Morgan fingerprint density at radius 2 is 0.698 bits per heavy atom. The van der Waals surface area contributed by atoms with Gasteiger partial charge in [0.15, 0.2) is 0 Å². The lowest BCUT2D eigenvalue weighted by atomic mass is 9.95. The van der Waals surface area contributed by atoms with Gasteiger partial charge in [-0.3, -0.25) is 0 Å². The molecule has 2 N–H and O–H groups in total. The van der Waals surface area contributed by atoms with Crippen molar-refractivity contribution in [2.45, 2.75) is 166 Å². The highest BCUT2D eigenvalue weighted by Crippen LogP contribution is 2.39. The van der Waals surface area contributed by atoms with Crippen LogP contribution in [-0.4, -0.2) is 10.2 Å². The summed E-state index contributed by atoms with van der Waals surface area (Å²) in [7, 11) is 0. The fourth-order valence-electron chi connectivity index (χ4n) is 6.69. The molecule has 0 saturated carbocycles. The fourth-order valence-corrected chi connectivity index (χ4v) is 6.69. The number of fused-ring (bicyclic) bond motifs is 1. The zero-order valence-electron chi connectivity index (χ0n) is 35.4. The van der Waals surface area contributed by atoms with Gasteiger partial charge in [-0.2, -0.15) is 0 Å². The van der Waals surface area contributed by atoms with E-state index in [0.717, 1.165) is 81.8 Å². The summed E-state index contributed by atoms with van der Waals surface area (Å²) >= 11 is 0. The van der Waals surface area contributed by atoms with Gasteiger partial charge in [0.25, 0.3) is 0 Å². The minimum atomic E-state index is 0.267. The third-order valence-electron chi connectivity index (χ3n) is 10.5. The molecule has 0 heterocycles. The average Bonchev–Trinajstić information content (AvgIpc) is 3.10. The maximum atomic E-state index is 10.9. The van der Waals surface area contributed by atoms with Crippen LogP contribution in [0.15, 0.2) is 117 Å². The van der Waals surface area contributed by atoms with Gasteiger partial charge in [-0.05, 0) is 171 Å². The number of benzene rings is 2. The molecule has 2 heteroatoms. The molecule has 0 aliphatic rings. The van der Waals surface area contributed by atoms with Crippen LogP contribution < -0.4 is 0 Å². The zero-order chi connectivity index (χ0) is 39.2. The molecule has 53 heavy (non-hydrogen) atoms. The normalized spacial score (nSPS) is 14.0. The molecule has 0 aromatic heterocycles. The summed E-state index contributed by atoms with van der Waals surface area (Å²) in [5.41, 5.74) is 13.3. The predicted molar refractivity (Wildman–Crippen MR) is 236 cm³/mol. The van der Waals surface area contributed by atoms with E-state index in [4.69, 9.17) is 0 Å². The van der Waals surface area contributed by atoms with Gasteiger partial charge in [0.05, 0.1) is 0 Å². The molecule has 0 saturated heterocycles. The Balaban J connectivity index is 1.64. The van der Waals surface area contributed by atoms with E-state index < -0.39 is 0 Å². The first-order chi connectivity index (χ1) is 25.3. The molecule has 2 rings (SSSR count). The number of phenols is 2. The Bertz CT molecular complexity index is 1690. The summed E-state index contributed by atoms with van der Waals surface area (Å²) in [6.07, 6.45) is 35.5. The van der Waals surface area contributed by atoms with E-state index in [-0.39, 0.29) is 11.5 Å². The summed E-state index contributed by atoms with van der Waals surface area (Å²) in [6.45, 7) is 22.1. The Morgan fingerprint density at radius 3 is 1.02 bits per heavy atom. The van der Waals surface area contributed by atoms with Gasteiger partial charge in [0, 0.05) is 16.3 Å². The van der Waals surface area contributed by atoms with E-state index >= 15 is 0 Å². The van der Waals surface area contributed by atoms with E-state index in [2.05, 4.69) is 111 Å². The van der Waals surface area contributed by atoms with Crippen LogP contribution in [0.25, 0.3) is 10.8 Å². The van der Waals surface area contributed by atoms with Gasteiger partial charge < -0.3 is 10.2 Å². The second kappa shape index (κ2) is 25.3. The molecular formula is C51H74O2. The van der Waals surface area contributed by atoms with Gasteiger partial charge >= 0.3 is 0 Å². The molecule has 2 aromatic carbocycles. The summed E-state index contributed by atoms with van der Waals surface area (Å²) in [6, 6.07) is 7.50. The van der Waals surface area contributed by atoms with Crippen molar-refractivity contribution in [1.82, 2.24) is 0 Å². The molecule has 2 nitrogen and oxygen atoms in total. The number of aromatic hydroxyl groups is 2. The molecule has 0 fully saturated rings.